The van der Waals surface area contributed by atoms with Crippen molar-refractivity contribution in [2.75, 3.05) is 32.7 Å². The highest BCUT2D eigenvalue weighted by Gasteiger charge is 2.23. The molecule has 1 atom stereocenters. The zero-order valence-corrected chi connectivity index (χ0v) is 11.1. The van der Waals surface area contributed by atoms with E-state index in [0.29, 0.717) is 12.5 Å². The standard InChI is InChI=1S/C13H28N2O/c1-12(2)13(3,16)11-14-7-6-10-15-8-4-5-9-15/h12,14,16H,4-11H2,1-3H3. The van der Waals surface area contributed by atoms with Gasteiger partial charge in [-0.25, -0.2) is 0 Å². The topological polar surface area (TPSA) is 35.5 Å². The molecule has 0 radical (unpaired) electrons. The second-order valence-electron chi connectivity index (χ2n) is 5.59. The van der Waals surface area contributed by atoms with E-state index in [1.165, 1.54) is 38.9 Å². The molecule has 3 heteroatoms. The van der Waals surface area contributed by atoms with Gasteiger partial charge in [-0.1, -0.05) is 13.8 Å². The van der Waals surface area contributed by atoms with Crippen LogP contribution in [0.4, 0.5) is 0 Å². The minimum absolute atomic E-state index is 0.304. The molecule has 0 amide bonds. The highest BCUT2D eigenvalue weighted by molar-refractivity contribution is 4.78. The van der Waals surface area contributed by atoms with Crippen molar-refractivity contribution in [2.24, 2.45) is 5.92 Å². The molecule has 0 aromatic rings. The molecule has 3 nitrogen and oxygen atoms in total. The fourth-order valence-electron chi connectivity index (χ4n) is 1.98. The lowest BCUT2D eigenvalue weighted by molar-refractivity contribution is 0.0143. The summed E-state index contributed by atoms with van der Waals surface area (Å²) in [6, 6.07) is 0. The van der Waals surface area contributed by atoms with Gasteiger partial charge >= 0.3 is 0 Å². The highest BCUT2D eigenvalue weighted by atomic mass is 16.3. The Morgan fingerprint density at radius 2 is 1.94 bits per heavy atom. The second kappa shape index (κ2) is 6.58. The van der Waals surface area contributed by atoms with Crippen molar-refractivity contribution in [1.82, 2.24) is 10.2 Å². The van der Waals surface area contributed by atoms with Gasteiger partial charge in [0.05, 0.1) is 5.60 Å². The van der Waals surface area contributed by atoms with E-state index in [4.69, 9.17) is 0 Å². The van der Waals surface area contributed by atoms with E-state index >= 15 is 0 Å². The number of nitrogens with zero attached hydrogens (tertiary/aromatic N) is 1. The molecule has 16 heavy (non-hydrogen) atoms. The predicted molar refractivity (Wildman–Crippen MR) is 68.6 cm³/mol. The molecule has 1 unspecified atom stereocenters. The Bertz CT molecular complexity index is 186. The maximum atomic E-state index is 10.0. The van der Waals surface area contributed by atoms with E-state index in [0.717, 1.165) is 6.54 Å². The van der Waals surface area contributed by atoms with Crippen LogP contribution in [0.3, 0.4) is 0 Å². The molecule has 0 bridgehead atoms. The van der Waals surface area contributed by atoms with E-state index in [1.807, 2.05) is 6.92 Å². The van der Waals surface area contributed by atoms with E-state index in [9.17, 15) is 5.11 Å². The summed E-state index contributed by atoms with van der Waals surface area (Å²) in [6.45, 7) is 11.5. The largest absolute Gasteiger partial charge is 0.389 e. The van der Waals surface area contributed by atoms with Crippen molar-refractivity contribution >= 4 is 0 Å². The Kier molecular flexibility index (Phi) is 5.73. The Hall–Kier alpha value is -0.120. The monoisotopic (exact) mass is 228 g/mol. The van der Waals surface area contributed by atoms with Crippen LogP contribution in [-0.4, -0.2) is 48.3 Å². The summed E-state index contributed by atoms with van der Waals surface area (Å²) in [6.07, 6.45) is 3.93. The molecule has 2 N–H and O–H groups in total. The van der Waals surface area contributed by atoms with Gasteiger partial charge in [0.2, 0.25) is 0 Å². The van der Waals surface area contributed by atoms with Gasteiger partial charge in [-0.05, 0) is 58.3 Å². The predicted octanol–water partition coefficient (Wildman–Crippen LogP) is 1.47. The zero-order chi connectivity index (χ0) is 12.0. The number of likely N-dealkylation sites (tertiary alicyclic amines) is 1. The van der Waals surface area contributed by atoms with E-state index in [-0.39, 0.29) is 0 Å². The van der Waals surface area contributed by atoms with Crippen molar-refractivity contribution in [1.29, 1.82) is 0 Å². The second-order valence-corrected chi connectivity index (χ2v) is 5.59. The average molecular weight is 228 g/mol. The van der Waals surface area contributed by atoms with E-state index in [1.54, 1.807) is 0 Å². The first-order chi connectivity index (χ1) is 7.52. The van der Waals surface area contributed by atoms with Crippen LogP contribution in [-0.2, 0) is 0 Å². The van der Waals surface area contributed by atoms with Gasteiger partial charge in [0.1, 0.15) is 0 Å². The Morgan fingerprint density at radius 3 is 2.50 bits per heavy atom. The van der Waals surface area contributed by atoms with Crippen LogP contribution in [0.15, 0.2) is 0 Å². The van der Waals surface area contributed by atoms with E-state index < -0.39 is 5.60 Å². The number of hydrogen-bond donors (Lipinski definition) is 2. The third kappa shape index (κ3) is 4.81. The summed E-state index contributed by atoms with van der Waals surface area (Å²) in [7, 11) is 0. The molecule has 96 valence electrons. The molecular formula is C13H28N2O. The molecule has 0 aromatic carbocycles. The lowest BCUT2D eigenvalue weighted by Crippen LogP contribution is -2.42. The number of hydrogen-bond acceptors (Lipinski definition) is 3. The van der Waals surface area contributed by atoms with Crippen LogP contribution < -0.4 is 5.32 Å². The quantitative estimate of drug-likeness (QED) is 0.648. The third-order valence-electron chi connectivity index (χ3n) is 3.75. The SMILES string of the molecule is CC(C)C(C)(O)CNCCCN1CCCC1. The molecule has 0 spiro atoms. The Balaban J connectivity index is 1.99. The maximum Gasteiger partial charge on any atom is 0.0766 e. The summed E-state index contributed by atoms with van der Waals surface area (Å²) < 4.78 is 0. The smallest absolute Gasteiger partial charge is 0.0766 e. The van der Waals surface area contributed by atoms with Crippen molar-refractivity contribution < 1.29 is 5.11 Å². The molecule has 0 aromatic heterocycles. The lowest BCUT2D eigenvalue weighted by Gasteiger charge is -2.28. The minimum atomic E-state index is -0.576. The molecule has 1 aliphatic heterocycles. The molecule has 0 saturated carbocycles. The average Bonchev–Trinajstić information content (AvgIpc) is 2.69. The molecule has 1 saturated heterocycles. The lowest BCUT2D eigenvalue weighted by atomic mass is 9.92. The first-order valence-corrected chi connectivity index (χ1v) is 6.68. The van der Waals surface area contributed by atoms with Crippen molar-refractivity contribution in [3.8, 4) is 0 Å². The highest BCUT2D eigenvalue weighted by Crippen LogP contribution is 2.14. The Morgan fingerprint density at radius 1 is 1.31 bits per heavy atom. The van der Waals surface area contributed by atoms with Crippen LogP contribution >= 0.6 is 0 Å². The fraction of sp³-hybridized carbons (Fsp3) is 1.00. The maximum absolute atomic E-state index is 10.0. The van der Waals surface area contributed by atoms with Crippen LogP contribution in [0.25, 0.3) is 0 Å². The first-order valence-electron chi connectivity index (χ1n) is 6.68. The third-order valence-corrected chi connectivity index (χ3v) is 3.75. The number of nitrogens with one attached hydrogen (secondary N) is 1. The molecule has 0 aliphatic carbocycles. The van der Waals surface area contributed by atoms with Gasteiger partial charge in [-0.2, -0.15) is 0 Å². The molecule has 1 aliphatic rings. The molecule has 1 rings (SSSR count). The molecular weight excluding hydrogens is 200 g/mol. The molecule has 1 heterocycles. The normalized spacial score (nSPS) is 21.6. The zero-order valence-electron chi connectivity index (χ0n) is 11.1. The van der Waals surface area contributed by atoms with Crippen LogP contribution in [0.5, 0.6) is 0 Å². The number of aliphatic hydroxyl groups is 1. The molecule has 1 fully saturated rings. The van der Waals surface area contributed by atoms with Crippen molar-refractivity contribution in [2.45, 2.75) is 45.6 Å². The van der Waals surface area contributed by atoms with Crippen molar-refractivity contribution in [3.05, 3.63) is 0 Å². The van der Waals surface area contributed by atoms with Crippen LogP contribution in [0.1, 0.15) is 40.0 Å². The van der Waals surface area contributed by atoms with Crippen LogP contribution in [0.2, 0.25) is 0 Å². The minimum Gasteiger partial charge on any atom is -0.389 e. The summed E-state index contributed by atoms with van der Waals surface area (Å²) in [5, 5.41) is 13.4. The first kappa shape index (κ1) is 13.9. The van der Waals surface area contributed by atoms with Gasteiger partial charge in [0.25, 0.3) is 0 Å². The van der Waals surface area contributed by atoms with E-state index in [2.05, 4.69) is 24.1 Å². The number of rotatable bonds is 7. The fourth-order valence-corrected chi connectivity index (χ4v) is 1.98. The summed E-state index contributed by atoms with van der Waals surface area (Å²) in [4.78, 5) is 2.53. The summed E-state index contributed by atoms with van der Waals surface area (Å²) in [5.41, 5.74) is -0.576. The van der Waals surface area contributed by atoms with Gasteiger partial charge in [-0.3, -0.25) is 0 Å². The summed E-state index contributed by atoms with van der Waals surface area (Å²) in [5.74, 6) is 0.304. The van der Waals surface area contributed by atoms with Gasteiger partial charge < -0.3 is 15.3 Å². The summed E-state index contributed by atoms with van der Waals surface area (Å²) >= 11 is 0. The van der Waals surface area contributed by atoms with Gasteiger partial charge in [-0.15, -0.1) is 0 Å². The van der Waals surface area contributed by atoms with Gasteiger partial charge in [0, 0.05) is 6.54 Å². The van der Waals surface area contributed by atoms with Gasteiger partial charge in [0.15, 0.2) is 0 Å². The van der Waals surface area contributed by atoms with Crippen LogP contribution in [0, 0.1) is 5.92 Å². The Labute approximate surface area is 100 Å². The van der Waals surface area contributed by atoms with Crippen molar-refractivity contribution in [3.63, 3.8) is 0 Å².